The van der Waals surface area contributed by atoms with Gasteiger partial charge in [-0.25, -0.2) is 0 Å². The highest BCUT2D eigenvalue weighted by atomic mass is 15.0. The largest absolute Gasteiger partial charge is 0.309 e. The van der Waals surface area contributed by atoms with Crippen LogP contribution in [0.1, 0.15) is 22.3 Å². The van der Waals surface area contributed by atoms with Crippen molar-refractivity contribution >= 4 is 54.4 Å². The molecule has 2 heteroatoms. The lowest BCUT2D eigenvalue weighted by Gasteiger charge is -2.30. The average molecular weight is 697 g/mol. The molecule has 2 heterocycles. The molecular weight excluding hydrogens is 665 g/mol. The van der Waals surface area contributed by atoms with Crippen molar-refractivity contribution in [2.24, 2.45) is 0 Å². The third-order valence-corrected chi connectivity index (χ3v) is 12.7. The summed E-state index contributed by atoms with van der Waals surface area (Å²) in [5.41, 5.74) is 17.6. The normalized spacial score (nSPS) is 13.6. The minimum Gasteiger partial charge on any atom is -0.309 e. The molecule has 0 radical (unpaired) electrons. The van der Waals surface area contributed by atoms with E-state index >= 15 is 0 Å². The van der Waals surface area contributed by atoms with E-state index in [2.05, 4.69) is 203 Å². The van der Waals surface area contributed by atoms with E-state index in [1.54, 1.807) is 0 Å². The molecule has 13 rings (SSSR count). The van der Waals surface area contributed by atoms with E-state index in [1.165, 1.54) is 110 Å². The van der Waals surface area contributed by atoms with Gasteiger partial charge in [-0.1, -0.05) is 146 Å². The molecule has 2 aliphatic rings. The first-order chi connectivity index (χ1) is 27.3. The molecule has 11 aromatic rings. The average Bonchev–Trinajstić information content (AvgIpc) is 3.94. The second kappa shape index (κ2) is 10.5. The Hall–Kier alpha value is -7.16. The van der Waals surface area contributed by atoms with Gasteiger partial charge in [-0.3, -0.25) is 0 Å². The molecule has 1 spiro atoms. The van der Waals surface area contributed by atoms with Crippen LogP contribution in [0.25, 0.3) is 88.0 Å². The lowest BCUT2D eigenvalue weighted by Crippen LogP contribution is -2.25. The van der Waals surface area contributed by atoms with Gasteiger partial charge in [0.2, 0.25) is 0 Å². The Kier molecular flexibility index (Phi) is 5.59. The van der Waals surface area contributed by atoms with E-state index in [-0.39, 0.29) is 5.41 Å². The number of fused-ring (bicyclic) bond motifs is 17. The number of benzene rings is 9. The molecule has 0 fully saturated rings. The third-order valence-electron chi connectivity index (χ3n) is 12.7. The van der Waals surface area contributed by atoms with Crippen LogP contribution in [0, 0.1) is 0 Å². The second-order valence-corrected chi connectivity index (χ2v) is 15.2. The van der Waals surface area contributed by atoms with Crippen LogP contribution in [-0.2, 0) is 5.41 Å². The summed E-state index contributed by atoms with van der Waals surface area (Å²) >= 11 is 0. The predicted octanol–water partition coefficient (Wildman–Crippen LogP) is 13.4. The highest BCUT2D eigenvalue weighted by molar-refractivity contribution is 6.19. The smallest absolute Gasteiger partial charge is 0.0725 e. The summed E-state index contributed by atoms with van der Waals surface area (Å²) in [4.78, 5) is 0. The van der Waals surface area contributed by atoms with Gasteiger partial charge < -0.3 is 9.13 Å². The fourth-order valence-electron chi connectivity index (χ4n) is 10.5. The fourth-order valence-corrected chi connectivity index (χ4v) is 10.5. The van der Waals surface area contributed by atoms with Gasteiger partial charge in [0, 0.05) is 32.9 Å². The molecule has 2 nitrogen and oxygen atoms in total. The van der Waals surface area contributed by atoms with E-state index < -0.39 is 0 Å². The first-order valence-electron chi connectivity index (χ1n) is 19.2. The molecule has 254 valence electrons. The van der Waals surface area contributed by atoms with Gasteiger partial charge in [0.1, 0.15) is 0 Å². The van der Waals surface area contributed by atoms with Gasteiger partial charge in [0.15, 0.2) is 0 Å². The maximum atomic E-state index is 2.50. The molecule has 0 saturated carbocycles. The highest BCUT2D eigenvalue weighted by Gasteiger charge is 2.51. The zero-order valence-electron chi connectivity index (χ0n) is 29.9. The maximum Gasteiger partial charge on any atom is 0.0725 e. The second-order valence-electron chi connectivity index (χ2n) is 15.2. The Bertz CT molecular complexity index is 3400. The van der Waals surface area contributed by atoms with E-state index in [1.807, 2.05) is 0 Å². The van der Waals surface area contributed by atoms with Crippen LogP contribution in [-0.4, -0.2) is 9.13 Å². The number of hydrogen-bond donors (Lipinski definition) is 0. The van der Waals surface area contributed by atoms with Crippen LogP contribution in [0.5, 0.6) is 0 Å². The van der Waals surface area contributed by atoms with Crippen molar-refractivity contribution < 1.29 is 0 Å². The van der Waals surface area contributed by atoms with Gasteiger partial charge in [-0.05, 0) is 104 Å². The molecule has 0 unspecified atom stereocenters. The molecule has 0 N–H and O–H groups in total. The monoisotopic (exact) mass is 696 g/mol. The predicted molar refractivity (Wildman–Crippen MR) is 229 cm³/mol. The summed E-state index contributed by atoms with van der Waals surface area (Å²) in [5.74, 6) is 0. The van der Waals surface area contributed by atoms with E-state index in [0.717, 1.165) is 0 Å². The third kappa shape index (κ3) is 3.64. The molecule has 55 heavy (non-hydrogen) atoms. The SMILES string of the molecule is c1ccc2c(c1)-c1ccccc1C21c2ccccc2-c2cc(-n3c4ccccc4c4cc5c(cc43)c3ccccc3n5-c3ccc4ccccc4c3)ccc21. The zero-order valence-corrected chi connectivity index (χ0v) is 29.9. The standard InChI is InChI=1S/C53H32N2/c1-2-14-34-29-35(26-25-33(34)13-1)54-49-23-11-6-18-40(49)43-32-52-44(31-51(43)54)41-19-7-12-24-50(41)55(52)36-27-28-48-42(30-36)39-17-5-10-22-47(39)53(48)45-20-8-3-15-37(45)38-16-4-9-21-46(38)53/h1-32H. The van der Waals surface area contributed by atoms with Crippen LogP contribution < -0.4 is 0 Å². The molecule has 0 amide bonds. The zero-order chi connectivity index (χ0) is 35.8. The minimum absolute atomic E-state index is 0.352. The van der Waals surface area contributed by atoms with Crippen molar-refractivity contribution in [1.82, 2.24) is 9.13 Å². The van der Waals surface area contributed by atoms with E-state index in [4.69, 9.17) is 0 Å². The Morgan fingerprint density at radius 1 is 0.273 bits per heavy atom. The molecule has 0 aliphatic heterocycles. The summed E-state index contributed by atoms with van der Waals surface area (Å²) in [6, 6.07) is 72.5. The number of hydrogen-bond acceptors (Lipinski definition) is 0. The summed E-state index contributed by atoms with van der Waals surface area (Å²) in [5, 5.41) is 7.52. The van der Waals surface area contributed by atoms with Crippen molar-refractivity contribution in [2.45, 2.75) is 5.41 Å². The Balaban J connectivity index is 1.09. The van der Waals surface area contributed by atoms with Crippen LogP contribution in [0.3, 0.4) is 0 Å². The van der Waals surface area contributed by atoms with Crippen molar-refractivity contribution in [3.8, 4) is 33.6 Å². The summed E-state index contributed by atoms with van der Waals surface area (Å²) in [6.07, 6.45) is 0. The first kappa shape index (κ1) is 29.3. The molecule has 9 aromatic carbocycles. The van der Waals surface area contributed by atoms with Crippen molar-refractivity contribution in [3.05, 3.63) is 216 Å². The van der Waals surface area contributed by atoms with Crippen LogP contribution in [0.2, 0.25) is 0 Å². The fraction of sp³-hybridized carbons (Fsp3) is 0.0189. The highest BCUT2D eigenvalue weighted by Crippen LogP contribution is 2.63. The van der Waals surface area contributed by atoms with Gasteiger partial charge in [-0.2, -0.15) is 0 Å². The molecule has 0 saturated heterocycles. The lowest BCUT2D eigenvalue weighted by atomic mass is 9.70. The Labute approximate surface area is 317 Å². The molecule has 0 atom stereocenters. The van der Waals surface area contributed by atoms with Crippen molar-refractivity contribution in [2.75, 3.05) is 0 Å². The lowest BCUT2D eigenvalue weighted by molar-refractivity contribution is 0.793. The minimum atomic E-state index is -0.352. The first-order valence-corrected chi connectivity index (χ1v) is 19.2. The molecule has 0 bridgehead atoms. The van der Waals surface area contributed by atoms with Crippen LogP contribution in [0.4, 0.5) is 0 Å². The summed E-state index contributed by atoms with van der Waals surface area (Å²) < 4.78 is 4.95. The van der Waals surface area contributed by atoms with Crippen molar-refractivity contribution in [1.29, 1.82) is 0 Å². The molecule has 2 aliphatic carbocycles. The number of aromatic nitrogens is 2. The number of nitrogens with zero attached hydrogens (tertiary/aromatic N) is 2. The van der Waals surface area contributed by atoms with Crippen molar-refractivity contribution in [3.63, 3.8) is 0 Å². The summed E-state index contributed by atoms with van der Waals surface area (Å²) in [7, 11) is 0. The molecule has 2 aromatic heterocycles. The van der Waals surface area contributed by atoms with Crippen LogP contribution in [0.15, 0.2) is 194 Å². The number of rotatable bonds is 2. The summed E-state index contributed by atoms with van der Waals surface area (Å²) in [6.45, 7) is 0. The quantitative estimate of drug-likeness (QED) is 0.170. The number of para-hydroxylation sites is 2. The molecular formula is C53H32N2. The van der Waals surface area contributed by atoms with Gasteiger partial charge in [0.25, 0.3) is 0 Å². The topological polar surface area (TPSA) is 9.86 Å². The van der Waals surface area contributed by atoms with E-state index in [0.29, 0.717) is 0 Å². The van der Waals surface area contributed by atoms with Gasteiger partial charge in [0.05, 0.1) is 27.5 Å². The Morgan fingerprint density at radius 3 is 1.31 bits per heavy atom. The van der Waals surface area contributed by atoms with Crippen LogP contribution >= 0.6 is 0 Å². The maximum absolute atomic E-state index is 2.50. The van der Waals surface area contributed by atoms with Gasteiger partial charge in [-0.15, -0.1) is 0 Å². The van der Waals surface area contributed by atoms with Gasteiger partial charge >= 0.3 is 0 Å². The Morgan fingerprint density at radius 2 is 0.709 bits per heavy atom. The van der Waals surface area contributed by atoms with E-state index in [9.17, 15) is 0 Å².